The highest BCUT2D eigenvalue weighted by atomic mass is 16.6. The van der Waals surface area contributed by atoms with Gasteiger partial charge in [0.15, 0.2) is 0 Å². The van der Waals surface area contributed by atoms with Crippen LogP contribution in [-0.4, -0.2) is 55.7 Å². The van der Waals surface area contributed by atoms with Gasteiger partial charge in [-0.05, 0) is 89.5 Å². The van der Waals surface area contributed by atoms with E-state index in [2.05, 4.69) is 37.1 Å². The van der Waals surface area contributed by atoms with Gasteiger partial charge in [0.25, 0.3) is 0 Å². The number of amides is 2. The summed E-state index contributed by atoms with van der Waals surface area (Å²) in [6.07, 6.45) is 6.55. The summed E-state index contributed by atoms with van der Waals surface area (Å²) < 4.78 is 5.58. The smallest absolute Gasteiger partial charge is 0.414 e. The molecule has 1 aliphatic heterocycles. The van der Waals surface area contributed by atoms with Gasteiger partial charge in [-0.25, -0.2) is 4.79 Å². The molecule has 0 aromatic heterocycles. The number of nitrogens with zero attached hydrogens (tertiary/aromatic N) is 3. The number of carbonyl (C=O) groups excluding carboxylic acids is 2. The molecule has 6 heteroatoms. The second kappa shape index (κ2) is 10.0. The molecule has 1 aromatic carbocycles. The number of rotatable bonds is 8. The Morgan fingerprint density at radius 3 is 2.45 bits per heavy atom. The van der Waals surface area contributed by atoms with Crippen molar-refractivity contribution in [2.45, 2.75) is 84.3 Å². The molecule has 0 radical (unpaired) electrons. The van der Waals surface area contributed by atoms with Crippen LogP contribution in [0.3, 0.4) is 0 Å². The minimum Gasteiger partial charge on any atom is -0.446 e. The van der Waals surface area contributed by atoms with Crippen molar-refractivity contribution < 1.29 is 14.3 Å². The molecule has 3 aliphatic rings. The Labute approximate surface area is 199 Å². The Morgan fingerprint density at radius 2 is 1.88 bits per heavy atom. The number of ether oxygens (including phenoxy) is 1. The highest BCUT2D eigenvalue weighted by molar-refractivity contribution is 6.04. The first-order chi connectivity index (χ1) is 15.8. The first kappa shape index (κ1) is 24.1. The van der Waals surface area contributed by atoms with Crippen LogP contribution in [-0.2, 0) is 9.53 Å². The Morgan fingerprint density at radius 1 is 1.15 bits per heavy atom. The molecule has 4 rings (SSSR count). The summed E-state index contributed by atoms with van der Waals surface area (Å²) in [5, 5.41) is 0. The zero-order valence-corrected chi connectivity index (χ0v) is 21.0. The minimum atomic E-state index is -0.330. The molecule has 2 atom stereocenters. The Kier molecular flexibility index (Phi) is 7.32. The molecule has 1 unspecified atom stereocenters. The van der Waals surface area contributed by atoms with Gasteiger partial charge in [0.1, 0.15) is 0 Å². The predicted molar refractivity (Wildman–Crippen MR) is 133 cm³/mol. The van der Waals surface area contributed by atoms with Crippen LogP contribution in [0.15, 0.2) is 18.2 Å². The van der Waals surface area contributed by atoms with Gasteiger partial charge >= 0.3 is 6.09 Å². The van der Waals surface area contributed by atoms with Crippen LogP contribution in [0.1, 0.15) is 77.7 Å². The molecular weight excluding hydrogens is 414 g/mol. The second-order valence-corrected chi connectivity index (χ2v) is 10.7. The van der Waals surface area contributed by atoms with Crippen molar-refractivity contribution in [2.75, 3.05) is 36.5 Å². The Hall–Kier alpha value is -2.08. The molecule has 2 aliphatic carbocycles. The zero-order valence-electron chi connectivity index (χ0n) is 21.0. The second-order valence-electron chi connectivity index (χ2n) is 10.7. The van der Waals surface area contributed by atoms with Gasteiger partial charge in [0.2, 0.25) is 5.91 Å². The van der Waals surface area contributed by atoms with E-state index in [1.54, 1.807) is 4.90 Å². The summed E-state index contributed by atoms with van der Waals surface area (Å²) in [7, 11) is 2.23. The van der Waals surface area contributed by atoms with Crippen LogP contribution < -0.4 is 9.80 Å². The number of hydrogen-bond donors (Lipinski definition) is 0. The molecule has 33 heavy (non-hydrogen) atoms. The summed E-state index contributed by atoms with van der Waals surface area (Å²) in [6.45, 7) is 10.6. The summed E-state index contributed by atoms with van der Waals surface area (Å²) in [5.41, 5.74) is 2.88. The van der Waals surface area contributed by atoms with E-state index in [0.717, 1.165) is 49.6 Å². The average molecular weight is 456 g/mol. The fourth-order valence-electron chi connectivity index (χ4n) is 5.23. The monoisotopic (exact) mass is 455 g/mol. The number of benzene rings is 1. The van der Waals surface area contributed by atoms with Gasteiger partial charge in [0, 0.05) is 25.6 Å². The summed E-state index contributed by atoms with van der Waals surface area (Å²) in [4.78, 5) is 32.3. The highest BCUT2D eigenvalue weighted by Gasteiger charge is 2.41. The molecule has 0 spiro atoms. The molecular formula is C27H41N3O3. The van der Waals surface area contributed by atoms with Gasteiger partial charge in [-0.1, -0.05) is 19.4 Å². The molecule has 2 fully saturated rings. The maximum Gasteiger partial charge on any atom is 0.414 e. The number of anilines is 2. The van der Waals surface area contributed by atoms with Gasteiger partial charge in [-0.3, -0.25) is 9.69 Å². The highest BCUT2D eigenvalue weighted by Crippen LogP contribution is 2.42. The normalized spacial score (nSPS) is 21.7. The van der Waals surface area contributed by atoms with Crippen molar-refractivity contribution in [3.63, 3.8) is 0 Å². The summed E-state index contributed by atoms with van der Waals surface area (Å²) in [6, 6.07) is 6.29. The fourth-order valence-corrected chi connectivity index (χ4v) is 5.23. The third-order valence-corrected chi connectivity index (χ3v) is 7.45. The first-order valence-electron chi connectivity index (χ1n) is 12.9. The molecule has 6 nitrogen and oxygen atoms in total. The molecule has 182 valence electrons. The van der Waals surface area contributed by atoms with Crippen LogP contribution >= 0.6 is 0 Å². The quantitative estimate of drug-likeness (QED) is 0.526. The SMILES string of the molecule is CCC(CN(C)CC1CCC1)c1ccc2c(c1)N(C(=O)OC(C)C)C[C@H](C)N2C(=O)C1CC1. The molecule has 0 N–H and O–H groups in total. The van der Waals surface area contributed by atoms with Crippen molar-refractivity contribution in [3.05, 3.63) is 23.8 Å². The zero-order chi connectivity index (χ0) is 23.7. The molecule has 0 bridgehead atoms. The lowest BCUT2D eigenvalue weighted by molar-refractivity contribution is -0.120. The van der Waals surface area contributed by atoms with E-state index in [-0.39, 0.29) is 30.1 Å². The molecule has 1 heterocycles. The molecule has 2 saturated carbocycles. The number of likely N-dealkylation sites (N-methyl/N-ethyl adjacent to an activating group) is 1. The summed E-state index contributed by atoms with van der Waals surface area (Å²) in [5.74, 6) is 1.56. The van der Waals surface area contributed by atoms with E-state index in [4.69, 9.17) is 4.74 Å². The lowest BCUT2D eigenvalue weighted by Crippen LogP contribution is -2.52. The molecule has 1 aromatic rings. The third-order valence-electron chi connectivity index (χ3n) is 7.45. The topological polar surface area (TPSA) is 53.1 Å². The van der Waals surface area contributed by atoms with E-state index in [1.807, 2.05) is 25.7 Å². The van der Waals surface area contributed by atoms with E-state index >= 15 is 0 Å². The minimum absolute atomic E-state index is 0.0771. The molecule has 0 saturated heterocycles. The van der Waals surface area contributed by atoms with Crippen molar-refractivity contribution in [1.29, 1.82) is 0 Å². The van der Waals surface area contributed by atoms with Crippen LogP contribution in [0.5, 0.6) is 0 Å². The maximum absolute atomic E-state index is 13.1. The van der Waals surface area contributed by atoms with Crippen molar-refractivity contribution in [3.8, 4) is 0 Å². The van der Waals surface area contributed by atoms with Crippen molar-refractivity contribution in [2.24, 2.45) is 11.8 Å². The van der Waals surface area contributed by atoms with E-state index in [9.17, 15) is 9.59 Å². The van der Waals surface area contributed by atoms with Crippen molar-refractivity contribution >= 4 is 23.4 Å². The van der Waals surface area contributed by atoms with Crippen LogP contribution in [0.4, 0.5) is 16.2 Å². The average Bonchev–Trinajstić information content (AvgIpc) is 3.58. The first-order valence-corrected chi connectivity index (χ1v) is 12.9. The van der Waals surface area contributed by atoms with Gasteiger partial charge in [-0.15, -0.1) is 0 Å². The summed E-state index contributed by atoms with van der Waals surface area (Å²) >= 11 is 0. The van der Waals surface area contributed by atoms with Crippen LogP contribution in [0.25, 0.3) is 0 Å². The van der Waals surface area contributed by atoms with Crippen LogP contribution in [0, 0.1) is 11.8 Å². The lowest BCUT2D eigenvalue weighted by Gasteiger charge is -2.41. The van der Waals surface area contributed by atoms with Gasteiger partial charge in [0.05, 0.1) is 23.5 Å². The number of carbonyl (C=O) groups is 2. The lowest BCUT2D eigenvalue weighted by atomic mass is 9.85. The van der Waals surface area contributed by atoms with Crippen molar-refractivity contribution in [1.82, 2.24) is 4.90 Å². The van der Waals surface area contributed by atoms with Gasteiger partial charge < -0.3 is 14.5 Å². The number of hydrogen-bond acceptors (Lipinski definition) is 4. The Balaban J connectivity index is 1.62. The van der Waals surface area contributed by atoms with E-state index in [1.165, 1.54) is 24.8 Å². The van der Waals surface area contributed by atoms with E-state index in [0.29, 0.717) is 12.5 Å². The Bertz CT molecular complexity index is 862. The van der Waals surface area contributed by atoms with E-state index < -0.39 is 0 Å². The number of fused-ring (bicyclic) bond motifs is 1. The third kappa shape index (κ3) is 5.37. The predicted octanol–water partition coefficient (Wildman–Crippen LogP) is 5.41. The maximum atomic E-state index is 13.1. The molecule has 2 amide bonds. The standard InChI is InChI=1S/C27H41N3O3/c1-6-21(17-28(5)16-20-8-7-9-20)23-12-13-24-25(14-23)29(27(32)33-18(2)3)15-19(4)30(24)26(31)22-10-11-22/h12-14,18-22H,6-11,15-17H2,1-5H3/t19-,21?/m0/s1. The van der Waals surface area contributed by atoms with Gasteiger partial charge in [-0.2, -0.15) is 0 Å². The largest absolute Gasteiger partial charge is 0.446 e. The fraction of sp³-hybridized carbons (Fsp3) is 0.704. The van der Waals surface area contributed by atoms with Crippen LogP contribution in [0.2, 0.25) is 0 Å².